The minimum absolute atomic E-state index is 0.232. The average Bonchev–Trinajstić information content (AvgIpc) is 2.28. The fraction of sp³-hybridized carbons (Fsp3) is 0.100. The fourth-order valence-corrected chi connectivity index (χ4v) is 1.43. The monoisotopic (exact) mass is 259 g/mol. The summed E-state index contributed by atoms with van der Waals surface area (Å²) in [6.45, 7) is 0. The largest absolute Gasteiger partial charge is 0.419 e. The Balaban J connectivity index is 2.64. The lowest BCUT2D eigenvalue weighted by molar-refractivity contribution is -0.137. The van der Waals surface area contributed by atoms with Crippen molar-refractivity contribution >= 4 is 11.6 Å². The first-order chi connectivity index (χ1) is 7.98. The van der Waals surface area contributed by atoms with E-state index in [1.165, 1.54) is 24.5 Å². The minimum Gasteiger partial charge on any atom is -0.265 e. The molecule has 0 aromatic carbocycles. The van der Waals surface area contributed by atoms with Gasteiger partial charge in [0.1, 0.15) is 5.56 Å². The van der Waals surface area contributed by atoms with E-state index in [9.17, 15) is 13.2 Å². The van der Waals surface area contributed by atoms with Crippen molar-refractivity contribution < 1.29 is 13.2 Å². The van der Waals surface area contributed by atoms with Crippen LogP contribution in [0.3, 0.4) is 0 Å². The van der Waals surface area contributed by atoms with Crippen molar-refractivity contribution in [2.75, 3.05) is 0 Å². The molecule has 0 saturated carbocycles. The maximum Gasteiger partial charge on any atom is 0.419 e. The SMILES string of the molecule is FC(F)(F)c1cnc(Cl)nc1-c1ccncc1. The second-order valence-corrected chi connectivity index (χ2v) is 3.47. The van der Waals surface area contributed by atoms with E-state index in [-0.39, 0.29) is 16.5 Å². The minimum atomic E-state index is -4.52. The van der Waals surface area contributed by atoms with Crippen LogP contribution in [0.15, 0.2) is 30.7 Å². The van der Waals surface area contributed by atoms with E-state index < -0.39 is 11.7 Å². The topological polar surface area (TPSA) is 38.7 Å². The molecule has 0 fully saturated rings. The van der Waals surface area contributed by atoms with Gasteiger partial charge < -0.3 is 0 Å². The lowest BCUT2D eigenvalue weighted by atomic mass is 10.1. The maximum atomic E-state index is 12.7. The number of alkyl halides is 3. The highest BCUT2D eigenvalue weighted by Crippen LogP contribution is 2.35. The van der Waals surface area contributed by atoms with Gasteiger partial charge in [0.05, 0.1) is 5.69 Å². The predicted octanol–water partition coefficient (Wildman–Crippen LogP) is 3.21. The molecule has 0 aliphatic carbocycles. The molecule has 0 amide bonds. The van der Waals surface area contributed by atoms with Crippen molar-refractivity contribution in [2.24, 2.45) is 0 Å². The molecule has 88 valence electrons. The Morgan fingerprint density at radius 3 is 2.35 bits per heavy atom. The van der Waals surface area contributed by atoms with Gasteiger partial charge in [-0.25, -0.2) is 9.97 Å². The van der Waals surface area contributed by atoms with Crippen LogP contribution in [0.25, 0.3) is 11.3 Å². The highest BCUT2D eigenvalue weighted by atomic mass is 35.5. The predicted molar refractivity (Wildman–Crippen MR) is 55.3 cm³/mol. The van der Waals surface area contributed by atoms with Crippen LogP contribution in [0.2, 0.25) is 5.28 Å². The Kier molecular flexibility index (Phi) is 2.97. The van der Waals surface area contributed by atoms with Gasteiger partial charge in [0, 0.05) is 24.2 Å². The van der Waals surface area contributed by atoms with Crippen molar-refractivity contribution in [2.45, 2.75) is 6.18 Å². The van der Waals surface area contributed by atoms with Gasteiger partial charge in [0.2, 0.25) is 5.28 Å². The van der Waals surface area contributed by atoms with E-state index in [2.05, 4.69) is 15.0 Å². The van der Waals surface area contributed by atoms with E-state index >= 15 is 0 Å². The van der Waals surface area contributed by atoms with Gasteiger partial charge in [-0.2, -0.15) is 13.2 Å². The molecule has 2 rings (SSSR count). The second kappa shape index (κ2) is 4.29. The molecule has 0 aliphatic rings. The molecule has 0 bridgehead atoms. The molecule has 2 heterocycles. The summed E-state index contributed by atoms with van der Waals surface area (Å²) in [6.07, 6.45) is -1.09. The van der Waals surface area contributed by atoms with E-state index in [1.807, 2.05) is 0 Å². The van der Waals surface area contributed by atoms with E-state index in [0.717, 1.165) is 0 Å². The molecule has 0 N–H and O–H groups in total. The maximum absolute atomic E-state index is 12.7. The zero-order chi connectivity index (χ0) is 12.5. The highest BCUT2D eigenvalue weighted by molar-refractivity contribution is 6.28. The van der Waals surface area contributed by atoms with Crippen molar-refractivity contribution in [3.05, 3.63) is 41.6 Å². The normalized spacial score (nSPS) is 11.5. The van der Waals surface area contributed by atoms with Gasteiger partial charge in [0.15, 0.2) is 0 Å². The first-order valence-electron chi connectivity index (χ1n) is 4.48. The van der Waals surface area contributed by atoms with Crippen LogP contribution < -0.4 is 0 Å². The van der Waals surface area contributed by atoms with E-state index in [1.54, 1.807) is 0 Å². The van der Waals surface area contributed by atoms with Crippen LogP contribution >= 0.6 is 11.6 Å². The Hall–Kier alpha value is -1.69. The highest BCUT2D eigenvalue weighted by Gasteiger charge is 2.35. The summed E-state index contributed by atoms with van der Waals surface area (Å²) in [5.41, 5.74) is -0.885. The number of nitrogens with zero attached hydrogens (tertiary/aromatic N) is 3. The van der Waals surface area contributed by atoms with Crippen LogP contribution in [-0.2, 0) is 6.18 Å². The lowest BCUT2D eigenvalue weighted by Crippen LogP contribution is -2.09. The number of rotatable bonds is 1. The van der Waals surface area contributed by atoms with Crippen molar-refractivity contribution in [1.29, 1.82) is 0 Å². The van der Waals surface area contributed by atoms with Gasteiger partial charge in [-0.3, -0.25) is 4.98 Å². The molecule has 0 radical (unpaired) electrons. The van der Waals surface area contributed by atoms with Crippen LogP contribution in [0.1, 0.15) is 5.56 Å². The van der Waals surface area contributed by atoms with Crippen LogP contribution in [-0.4, -0.2) is 15.0 Å². The molecule has 2 aromatic rings. The fourth-order valence-electron chi connectivity index (χ4n) is 1.30. The smallest absolute Gasteiger partial charge is 0.265 e. The van der Waals surface area contributed by atoms with Crippen molar-refractivity contribution in [1.82, 2.24) is 15.0 Å². The van der Waals surface area contributed by atoms with Crippen LogP contribution in [0.5, 0.6) is 0 Å². The lowest BCUT2D eigenvalue weighted by Gasteiger charge is -2.11. The molecule has 0 unspecified atom stereocenters. The van der Waals surface area contributed by atoms with Gasteiger partial charge in [-0.05, 0) is 23.7 Å². The summed E-state index contributed by atoms with van der Waals surface area (Å²) in [4.78, 5) is 10.7. The summed E-state index contributed by atoms with van der Waals surface area (Å²) in [6, 6.07) is 2.85. The molecule has 0 aliphatic heterocycles. The molecule has 0 atom stereocenters. The van der Waals surface area contributed by atoms with Crippen LogP contribution in [0, 0.1) is 0 Å². The third-order valence-electron chi connectivity index (χ3n) is 2.02. The average molecular weight is 260 g/mol. The molecular formula is C10H5ClF3N3. The van der Waals surface area contributed by atoms with Crippen molar-refractivity contribution in [3.63, 3.8) is 0 Å². The summed E-state index contributed by atoms with van der Waals surface area (Å²) >= 11 is 5.51. The Morgan fingerprint density at radius 2 is 1.76 bits per heavy atom. The number of hydrogen-bond acceptors (Lipinski definition) is 3. The quantitative estimate of drug-likeness (QED) is 0.738. The summed E-state index contributed by atoms with van der Waals surface area (Å²) < 4.78 is 38.2. The molecule has 3 nitrogen and oxygen atoms in total. The summed E-state index contributed by atoms with van der Waals surface area (Å²) in [7, 11) is 0. The molecule has 0 spiro atoms. The Labute approximate surface area is 99.3 Å². The van der Waals surface area contributed by atoms with E-state index in [4.69, 9.17) is 11.6 Å². The molecule has 17 heavy (non-hydrogen) atoms. The summed E-state index contributed by atoms with van der Waals surface area (Å²) in [5, 5.41) is -0.232. The molecule has 7 heteroatoms. The number of hydrogen-bond donors (Lipinski definition) is 0. The van der Waals surface area contributed by atoms with Crippen LogP contribution in [0.4, 0.5) is 13.2 Å². The number of halogens is 4. The molecular weight excluding hydrogens is 255 g/mol. The van der Waals surface area contributed by atoms with Gasteiger partial charge in [-0.15, -0.1) is 0 Å². The van der Waals surface area contributed by atoms with Crippen molar-refractivity contribution in [3.8, 4) is 11.3 Å². The molecule has 2 aromatic heterocycles. The Morgan fingerprint density at radius 1 is 1.12 bits per heavy atom. The zero-order valence-corrected chi connectivity index (χ0v) is 9.00. The Bertz CT molecular complexity index is 528. The standard InChI is InChI=1S/C10H5ClF3N3/c11-9-16-5-7(10(12,13)14)8(17-9)6-1-3-15-4-2-6/h1-5H. The van der Waals surface area contributed by atoms with E-state index in [0.29, 0.717) is 6.20 Å². The third-order valence-corrected chi connectivity index (χ3v) is 2.20. The zero-order valence-electron chi connectivity index (χ0n) is 8.24. The number of pyridine rings is 1. The first-order valence-corrected chi connectivity index (χ1v) is 4.86. The van der Waals surface area contributed by atoms with Gasteiger partial charge >= 0.3 is 6.18 Å². The molecule has 0 saturated heterocycles. The van der Waals surface area contributed by atoms with Gasteiger partial charge in [-0.1, -0.05) is 0 Å². The third kappa shape index (κ3) is 2.52. The first kappa shape index (κ1) is 11.8. The van der Waals surface area contributed by atoms with Gasteiger partial charge in [0.25, 0.3) is 0 Å². The summed E-state index contributed by atoms with van der Waals surface area (Å²) in [5.74, 6) is 0. The second-order valence-electron chi connectivity index (χ2n) is 3.13. The number of aromatic nitrogens is 3.